The van der Waals surface area contributed by atoms with Crippen molar-refractivity contribution in [3.05, 3.63) is 48.4 Å². The standard InChI is InChI=1S/C14H11F3N2O4S/c15-11(6-8-23-13(18)20)14(16,17)24(21,22)10-5-1-3-9-4-2-7-19-12(9)10/h1-7H,8H2,(H2,18,20)/b11-6-. The van der Waals surface area contributed by atoms with Crippen LogP contribution in [0.5, 0.6) is 0 Å². The normalized spacial score (nSPS) is 13.0. The molecule has 0 saturated carbocycles. The van der Waals surface area contributed by atoms with Gasteiger partial charge in [-0.2, -0.15) is 8.78 Å². The first-order valence-corrected chi connectivity index (χ1v) is 7.91. The number of halogens is 3. The van der Waals surface area contributed by atoms with Crippen molar-refractivity contribution in [2.24, 2.45) is 5.73 Å². The molecule has 0 atom stereocenters. The molecule has 0 radical (unpaired) electrons. The molecule has 0 bridgehead atoms. The van der Waals surface area contributed by atoms with Crippen LogP contribution < -0.4 is 5.73 Å². The molecule has 1 amide bonds. The van der Waals surface area contributed by atoms with E-state index in [0.29, 0.717) is 5.39 Å². The summed E-state index contributed by atoms with van der Waals surface area (Å²) in [6, 6.07) is 6.61. The van der Waals surface area contributed by atoms with Crippen molar-refractivity contribution in [1.29, 1.82) is 0 Å². The quantitative estimate of drug-likeness (QED) is 0.883. The van der Waals surface area contributed by atoms with E-state index < -0.39 is 38.5 Å². The van der Waals surface area contributed by atoms with Crippen molar-refractivity contribution in [2.45, 2.75) is 10.2 Å². The molecule has 1 heterocycles. The fraction of sp³-hybridized carbons (Fsp3) is 0.143. The van der Waals surface area contributed by atoms with Gasteiger partial charge >= 0.3 is 11.3 Å². The number of ether oxygens (including phenoxy) is 1. The number of fused-ring (bicyclic) bond motifs is 1. The van der Waals surface area contributed by atoms with Crippen molar-refractivity contribution in [1.82, 2.24) is 4.98 Å². The van der Waals surface area contributed by atoms with Crippen LogP contribution in [0.25, 0.3) is 10.9 Å². The molecule has 6 nitrogen and oxygen atoms in total. The Balaban J connectivity index is 2.49. The summed E-state index contributed by atoms with van der Waals surface area (Å²) in [4.78, 5) is 13.3. The number of amides is 1. The molecule has 0 aliphatic carbocycles. The van der Waals surface area contributed by atoms with E-state index in [0.717, 1.165) is 6.07 Å². The fourth-order valence-corrected chi connectivity index (χ4v) is 3.17. The average Bonchev–Trinajstić information content (AvgIpc) is 2.53. The van der Waals surface area contributed by atoms with Crippen LogP contribution >= 0.6 is 0 Å². The van der Waals surface area contributed by atoms with Gasteiger partial charge < -0.3 is 10.5 Å². The number of sulfone groups is 1. The zero-order valence-corrected chi connectivity index (χ0v) is 12.8. The number of rotatable bonds is 5. The second-order valence-corrected chi connectivity index (χ2v) is 6.49. The lowest BCUT2D eigenvalue weighted by Crippen LogP contribution is -2.30. The third-order valence-corrected chi connectivity index (χ3v) is 4.77. The minimum absolute atomic E-state index is 0.126. The number of pyridine rings is 1. The second kappa shape index (κ2) is 6.48. The van der Waals surface area contributed by atoms with E-state index in [1.807, 2.05) is 0 Å². The Morgan fingerprint density at radius 1 is 1.29 bits per heavy atom. The molecule has 0 aliphatic rings. The molecule has 10 heteroatoms. The molecule has 0 saturated heterocycles. The van der Waals surface area contributed by atoms with E-state index in [1.165, 1.54) is 30.5 Å². The third-order valence-electron chi connectivity index (χ3n) is 2.99. The number of benzene rings is 1. The SMILES string of the molecule is NC(=O)OC/C=C(\F)C(F)(F)S(=O)(=O)c1cccc2cccnc12. The zero-order chi connectivity index (χ0) is 18.0. The summed E-state index contributed by atoms with van der Waals surface area (Å²) >= 11 is 0. The van der Waals surface area contributed by atoms with Gasteiger partial charge in [0.05, 0.1) is 10.4 Å². The number of hydrogen-bond donors (Lipinski definition) is 1. The second-order valence-electron chi connectivity index (χ2n) is 4.53. The van der Waals surface area contributed by atoms with E-state index >= 15 is 0 Å². The topological polar surface area (TPSA) is 99.4 Å². The molecule has 2 N–H and O–H groups in total. The number of para-hydroxylation sites is 1. The van der Waals surface area contributed by atoms with E-state index in [9.17, 15) is 26.4 Å². The van der Waals surface area contributed by atoms with Gasteiger partial charge in [-0.1, -0.05) is 18.2 Å². The summed E-state index contributed by atoms with van der Waals surface area (Å²) in [5.74, 6) is -2.28. The van der Waals surface area contributed by atoms with Crippen LogP contribution in [0.1, 0.15) is 0 Å². The van der Waals surface area contributed by atoms with E-state index in [2.05, 4.69) is 15.5 Å². The average molecular weight is 360 g/mol. The summed E-state index contributed by atoms with van der Waals surface area (Å²) < 4.78 is 70.4. The van der Waals surface area contributed by atoms with E-state index in [-0.39, 0.29) is 11.6 Å². The summed E-state index contributed by atoms with van der Waals surface area (Å²) in [6.07, 6.45) is 0.0382. The van der Waals surface area contributed by atoms with E-state index in [1.54, 1.807) is 0 Å². The summed E-state index contributed by atoms with van der Waals surface area (Å²) in [7, 11) is -5.43. The number of alkyl halides is 2. The molecule has 1 aromatic heterocycles. The first kappa shape index (κ1) is 17.7. The summed E-state index contributed by atoms with van der Waals surface area (Å²) in [5.41, 5.74) is 4.39. The molecule has 24 heavy (non-hydrogen) atoms. The molecule has 0 fully saturated rings. The Bertz CT molecular complexity index is 908. The van der Waals surface area contributed by atoms with Crippen molar-refractivity contribution < 1.29 is 31.1 Å². The predicted octanol–water partition coefficient (Wildman–Crippen LogP) is 2.55. The molecule has 0 spiro atoms. The number of hydrogen-bond acceptors (Lipinski definition) is 5. The van der Waals surface area contributed by atoms with Crippen LogP contribution in [0, 0.1) is 0 Å². The number of nitrogens with two attached hydrogens (primary N) is 1. The van der Waals surface area contributed by atoms with Gasteiger partial charge in [0.15, 0.2) is 5.83 Å². The van der Waals surface area contributed by atoms with Gasteiger partial charge in [0.1, 0.15) is 6.61 Å². The predicted molar refractivity (Wildman–Crippen MR) is 78.6 cm³/mol. The molecular formula is C14H11F3N2O4S. The Labute approximate surface area is 134 Å². The van der Waals surface area contributed by atoms with Crippen molar-refractivity contribution in [3.8, 4) is 0 Å². The van der Waals surface area contributed by atoms with Gasteiger partial charge in [-0.25, -0.2) is 17.6 Å². The van der Waals surface area contributed by atoms with Crippen LogP contribution in [0.4, 0.5) is 18.0 Å². The Kier molecular flexibility index (Phi) is 4.78. The van der Waals surface area contributed by atoms with Crippen molar-refractivity contribution >= 4 is 26.8 Å². The van der Waals surface area contributed by atoms with Gasteiger partial charge in [-0.05, 0) is 18.2 Å². The van der Waals surface area contributed by atoms with Gasteiger partial charge in [-0.15, -0.1) is 0 Å². The number of carbonyl (C=O) groups excluding carboxylic acids is 1. The molecule has 0 unspecified atom stereocenters. The zero-order valence-electron chi connectivity index (χ0n) is 11.9. The highest BCUT2D eigenvalue weighted by molar-refractivity contribution is 7.92. The van der Waals surface area contributed by atoms with Gasteiger partial charge in [0, 0.05) is 11.6 Å². The summed E-state index contributed by atoms with van der Waals surface area (Å²) in [6.45, 7) is -0.930. The molecule has 2 aromatic rings. The fourth-order valence-electron chi connectivity index (χ4n) is 1.88. The van der Waals surface area contributed by atoms with Crippen LogP contribution in [-0.4, -0.2) is 31.4 Å². The maximum Gasteiger partial charge on any atom is 0.404 e. The minimum Gasteiger partial charge on any atom is -0.445 e. The minimum atomic E-state index is -5.43. The first-order chi connectivity index (χ1) is 11.2. The number of carbonyl (C=O) groups is 1. The number of primary amides is 1. The maximum atomic E-state index is 14.1. The molecule has 0 aliphatic heterocycles. The molecule has 128 valence electrons. The largest absolute Gasteiger partial charge is 0.445 e. The highest BCUT2D eigenvalue weighted by atomic mass is 32.2. The monoisotopic (exact) mass is 360 g/mol. The smallest absolute Gasteiger partial charge is 0.404 e. The Morgan fingerprint density at radius 3 is 2.62 bits per heavy atom. The lowest BCUT2D eigenvalue weighted by molar-refractivity contribution is 0.103. The highest BCUT2D eigenvalue weighted by Crippen LogP contribution is 2.38. The first-order valence-electron chi connectivity index (χ1n) is 6.42. The number of nitrogens with zero attached hydrogens (tertiary/aromatic N) is 1. The van der Waals surface area contributed by atoms with E-state index in [4.69, 9.17) is 0 Å². The maximum absolute atomic E-state index is 14.1. The van der Waals surface area contributed by atoms with Crippen LogP contribution in [0.2, 0.25) is 0 Å². The van der Waals surface area contributed by atoms with Crippen LogP contribution in [-0.2, 0) is 14.6 Å². The molecule has 2 rings (SSSR count). The summed E-state index contributed by atoms with van der Waals surface area (Å²) in [5, 5.41) is -4.56. The van der Waals surface area contributed by atoms with Gasteiger partial charge in [0.2, 0.25) is 0 Å². The lowest BCUT2D eigenvalue weighted by Gasteiger charge is -2.16. The number of aromatic nitrogens is 1. The third kappa shape index (κ3) is 3.18. The Morgan fingerprint density at radius 2 is 1.96 bits per heavy atom. The van der Waals surface area contributed by atoms with Crippen LogP contribution in [0.15, 0.2) is 53.3 Å². The lowest BCUT2D eigenvalue weighted by atomic mass is 10.2. The van der Waals surface area contributed by atoms with Gasteiger partial charge in [0.25, 0.3) is 9.84 Å². The van der Waals surface area contributed by atoms with Crippen LogP contribution in [0.3, 0.4) is 0 Å². The van der Waals surface area contributed by atoms with Crippen molar-refractivity contribution in [2.75, 3.05) is 6.61 Å². The van der Waals surface area contributed by atoms with Crippen molar-refractivity contribution in [3.63, 3.8) is 0 Å². The molecule has 1 aromatic carbocycles. The highest BCUT2D eigenvalue weighted by Gasteiger charge is 2.51. The Hall–Kier alpha value is -2.62. The van der Waals surface area contributed by atoms with Gasteiger partial charge in [-0.3, -0.25) is 4.98 Å². The molecular weight excluding hydrogens is 349 g/mol.